The summed E-state index contributed by atoms with van der Waals surface area (Å²) in [5, 5.41) is 14.7. The largest absolute Gasteiger partial charge is 0.394 e. The number of nitrogens with zero attached hydrogens (tertiary/aromatic N) is 1. The van der Waals surface area contributed by atoms with Gasteiger partial charge in [0.05, 0.1) is 12.1 Å². The molecule has 2 rings (SSSR count). The van der Waals surface area contributed by atoms with Gasteiger partial charge in [-0.05, 0) is 50.5 Å². The molecule has 5 heteroatoms. The van der Waals surface area contributed by atoms with E-state index in [0.29, 0.717) is 0 Å². The number of aliphatic hydroxyl groups excluding tert-OH is 1. The van der Waals surface area contributed by atoms with Crippen LogP contribution in [0, 0.1) is 0 Å². The van der Waals surface area contributed by atoms with Gasteiger partial charge in [-0.3, -0.25) is 0 Å². The number of benzene rings is 1. The van der Waals surface area contributed by atoms with Gasteiger partial charge in [0.25, 0.3) is 0 Å². The number of carbonyl (C=O) groups is 1. The molecule has 0 bridgehead atoms. The molecule has 20 heavy (non-hydrogen) atoms. The number of aliphatic hydroxyl groups is 1. The second-order valence-electron chi connectivity index (χ2n) is 5.99. The van der Waals surface area contributed by atoms with Gasteiger partial charge in [-0.2, -0.15) is 0 Å². The lowest BCUT2D eigenvalue weighted by atomic mass is 10.0. The van der Waals surface area contributed by atoms with E-state index in [1.54, 1.807) is 13.8 Å². The van der Waals surface area contributed by atoms with Crippen molar-refractivity contribution in [2.24, 2.45) is 0 Å². The second-order valence-corrected chi connectivity index (χ2v) is 5.99. The van der Waals surface area contributed by atoms with Gasteiger partial charge in [0.15, 0.2) is 0 Å². The maximum atomic E-state index is 11.9. The summed E-state index contributed by atoms with van der Waals surface area (Å²) in [6, 6.07) is 5.68. The summed E-state index contributed by atoms with van der Waals surface area (Å²) >= 11 is 0. The summed E-state index contributed by atoms with van der Waals surface area (Å²) in [4.78, 5) is 14.1. The first kappa shape index (κ1) is 14.7. The third-order valence-electron chi connectivity index (χ3n) is 3.54. The van der Waals surface area contributed by atoms with Crippen LogP contribution >= 0.6 is 0 Å². The Bertz CT molecular complexity index is 500. The molecule has 3 N–H and O–H groups in total. The van der Waals surface area contributed by atoms with Gasteiger partial charge >= 0.3 is 6.03 Å². The van der Waals surface area contributed by atoms with E-state index in [9.17, 15) is 4.79 Å². The third kappa shape index (κ3) is 3.42. The van der Waals surface area contributed by atoms with Crippen LogP contribution in [0.3, 0.4) is 0 Å². The molecular formula is C15H23N3O2. The molecule has 1 heterocycles. The highest BCUT2D eigenvalue weighted by molar-refractivity contribution is 5.90. The van der Waals surface area contributed by atoms with Crippen LogP contribution in [0.5, 0.6) is 0 Å². The zero-order valence-electron chi connectivity index (χ0n) is 12.4. The molecular weight excluding hydrogens is 254 g/mol. The molecule has 110 valence electrons. The first-order valence-corrected chi connectivity index (χ1v) is 6.95. The van der Waals surface area contributed by atoms with Crippen LogP contribution < -0.4 is 15.5 Å². The molecule has 0 aromatic heterocycles. The number of urea groups is 1. The number of fused-ring (bicyclic) bond motifs is 1. The number of nitrogens with one attached hydrogen (secondary N) is 2. The van der Waals surface area contributed by atoms with Crippen molar-refractivity contribution in [3.8, 4) is 0 Å². The van der Waals surface area contributed by atoms with Gasteiger partial charge < -0.3 is 20.6 Å². The fourth-order valence-electron chi connectivity index (χ4n) is 2.37. The average molecular weight is 277 g/mol. The fourth-order valence-corrected chi connectivity index (χ4v) is 2.37. The first-order valence-electron chi connectivity index (χ1n) is 6.95. The third-order valence-corrected chi connectivity index (χ3v) is 3.54. The van der Waals surface area contributed by atoms with E-state index in [-0.39, 0.29) is 12.6 Å². The topological polar surface area (TPSA) is 64.6 Å². The lowest BCUT2D eigenvalue weighted by Gasteiger charge is -2.28. The van der Waals surface area contributed by atoms with Crippen molar-refractivity contribution in [3.05, 3.63) is 23.8 Å². The molecule has 0 aliphatic carbocycles. The zero-order valence-corrected chi connectivity index (χ0v) is 12.4. The van der Waals surface area contributed by atoms with Gasteiger partial charge in [0.2, 0.25) is 0 Å². The highest BCUT2D eigenvalue weighted by atomic mass is 16.3. The van der Waals surface area contributed by atoms with Crippen molar-refractivity contribution in [1.29, 1.82) is 0 Å². The van der Waals surface area contributed by atoms with Crippen molar-refractivity contribution in [2.75, 3.05) is 30.4 Å². The van der Waals surface area contributed by atoms with Gasteiger partial charge in [-0.15, -0.1) is 0 Å². The Morgan fingerprint density at radius 2 is 2.20 bits per heavy atom. The maximum absolute atomic E-state index is 11.9. The van der Waals surface area contributed by atoms with Crippen LogP contribution in [-0.2, 0) is 6.42 Å². The Balaban J connectivity index is 2.05. The zero-order chi connectivity index (χ0) is 14.8. The molecule has 0 saturated heterocycles. The molecule has 0 saturated carbocycles. The van der Waals surface area contributed by atoms with Crippen molar-refractivity contribution in [3.63, 3.8) is 0 Å². The van der Waals surface area contributed by atoms with E-state index < -0.39 is 5.54 Å². The highest BCUT2D eigenvalue weighted by Gasteiger charge is 2.19. The molecule has 1 aliphatic heterocycles. The first-order chi connectivity index (χ1) is 9.41. The summed E-state index contributed by atoms with van der Waals surface area (Å²) in [7, 11) is 2.08. The minimum absolute atomic E-state index is 0.102. The van der Waals surface area contributed by atoms with Crippen LogP contribution in [0.15, 0.2) is 18.2 Å². The highest BCUT2D eigenvalue weighted by Crippen LogP contribution is 2.28. The summed E-state index contributed by atoms with van der Waals surface area (Å²) in [6.07, 6.45) is 2.18. The van der Waals surface area contributed by atoms with Gasteiger partial charge in [0, 0.05) is 25.0 Å². The van der Waals surface area contributed by atoms with Crippen LogP contribution in [0.4, 0.5) is 16.2 Å². The Morgan fingerprint density at radius 1 is 1.45 bits per heavy atom. The SMILES string of the molecule is CN1CCCc2cc(NC(=O)NC(C)(C)CO)ccc21. The van der Waals surface area contributed by atoms with E-state index in [0.717, 1.165) is 25.1 Å². The molecule has 0 radical (unpaired) electrons. The smallest absolute Gasteiger partial charge is 0.319 e. The number of hydrogen-bond acceptors (Lipinski definition) is 3. The standard InChI is InChI=1S/C15H23N3O2/c1-15(2,10-19)17-14(20)16-12-6-7-13-11(9-12)5-4-8-18(13)3/h6-7,9,19H,4-5,8,10H2,1-3H3,(H2,16,17,20). The molecule has 0 spiro atoms. The van der Waals surface area contributed by atoms with Crippen LogP contribution in [0.1, 0.15) is 25.8 Å². The van der Waals surface area contributed by atoms with Crippen molar-refractivity contribution >= 4 is 17.4 Å². The summed E-state index contributed by atoms with van der Waals surface area (Å²) in [5.41, 5.74) is 2.65. The number of rotatable bonds is 3. The van der Waals surface area contributed by atoms with Crippen molar-refractivity contribution in [2.45, 2.75) is 32.2 Å². The van der Waals surface area contributed by atoms with Gasteiger partial charge in [-0.25, -0.2) is 4.79 Å². The molecule has 2 amide bonds. The van der Waals surface area contributed by atoms with Crippen LogP contribution in [0.2, 0.25) is 0 Å². The number of anilines is 2. The molecule has 0 atom stereocenters. The summed E-state index contributed by atoms with van der Waals surface area (Å²) in [6.45, 7) is 4.52. The van der Waals surface area contributed by atoms with Crippen LogP contribution in [-0.4, -0.2) is 36.9 Å². The lowest BCUT2D eigenvalue weighted by molar-refractivity contribution is 0.187. The minimum atomic E-state index is -0.626. The molecule has 0 fully saturated rings. The molecule has 0 unspecified atom stereocenters. The summed E-state index contributed by atoms with van der Waals surface area (Å²) < 4.78 is 0. The predicted molar refractivity (Wildman–Crippen MR) is 81.4 cm³/mol. The normalized spacial score (nSPS) is 14.7. The van der Waals surface area contributed by atoms with E-state index in [4.69, 9.17) is 5.11 Å². The summed E-state index contributed by atoms with van der Waals surface area (Å²) in [5.74, 6) is 0. The van der Waals surface area contributed by atoms with Gasteiger partial charge in [0.1, 0.15) is 0 Å². The maximum Gasteiger partial charge on any atom is 0.319 e. The van der Waals surface area contributed by atoms with E-state index in [2.05, 4.69) is 22.6 Å². The quantitative estimate of drug-likeness (QED) is 0.791. The van der Waals surface area contributed by atoms with Crippen molar-refractivity contribution in [1.82, 2.24) is 5.32 Å². The Hall–Kier alpha value is -1.75. The number of carbonyl (C=O) groups excluding carboxylic acids is 1. The molecule has 1 aliphatic rings. The molecule has 1 aromatic carbocycles. The Labute approximate surface area is 120 Å². The number of hydrogen-bond donors (Lipinski definition) is 3. The number of aryl methyl sites for hydroxylation is 1. The van der Waals surface area contributed by atoms with Crippen molar-refractivity contribution < 1.29 is 9.90 Å². The average Bonchev–Trinajstić information content (AvgIpc) is 2.38. The lowest BCUT2D eigenvalue weighted by Crippen LogP contribution is -2.48. The Morgan fingerprint density at radius 3 is 2.90 bits per heavy atom. The molecule has 5 nitrogen and oxygen atoms in total. The molecule has 1 aromatic rings. The fraction of sp³-hybridized carbons (Fsp3) is 0.533. The number of amides is 2. The van der Waals surface area contributed by atoms with E-state index in [1.807, 2.05) is 18.2 Å². The monoisotopic (exact) mass is 277 g/mol. The Kier molecular flexibility index (Phi) is 4.18. The predicted octanol–water partition coefficient (Wildman–Crippen LogP) is 1.96. The van der Waals surface area contributed by atoms with E-state index in [1.165, 1.54) is 11.3 Å². The van der Waals surface area contributed by atoms with E-state index >= 15 is 0 Å². The second kappa shape index (κ2) is 5.71. The van der Waals surface area contributed by atoms with Crippen LogP contribution in [0.25, 0.3) is 0 Å². The van der Waals surface area contributed by atoms with Gasteiger partial charge in [-0.1, -0.05) is 0 Å². The minimum Gasteiger partial charge on any atom is -0.394 e.